The van der Waals surface area contributed by atoms with Crippen LogP contribution in [0.25, 0.3) is 21.8 Å². The first-order chi connectivity index (χ1) is 16.6. The standard InChI is InChI=1S/C24H29N9O/c1-15-4-5-19-18(12-27-30-19)21(15)34-23-20-17(6-7-26-23)22(32-10-8-25-9-11-32)29-24(28-20)33-13-16(14-33)31(2)3/h4-7,12,16,25H,8-11,13-14H2,1-3H3,(H,27,30). The van der Waals surface area contributed by atoms with Crippen molar-refractivity contribution in [2.75, 3.05) is 63.2 Å². The minimum absolute atomic E-state index is 0.485. The van der Waals surface area contributed by atoms with Crippen LogP contribution >= 0.6 is 0 Å². The molecule has 2 aliphatic rings. The highest BCUT2D eigenvalue weighted by Gasteiger charge is 2.32. The lowest BCUT2D eigenvalue weighted by atomic mass is 10.1. The summed E-state index contributed by atoms with van der Waals surface area (Å²) in [5, 5.41) is 12.5. The fourth-order valence-corrected chi connectivity index (χ4v) is 4.61. The quantitative estimate of drug-likeness (QED) is 0.465. The van der Waals surface area contributed by atoms with Crippen LogP contribution in [0.1, 0.15) is 5.56 Å². The van der Waals surface area contributed by atoms with Gasteiger partial charge in [-0.15, -0.1) is 0 Å². The maximum Gasteiger partial charge on any atom is 0.246 e. The number of likely N-dealkylation sites (N-methyl/N-ethyl adjacent to an activating group) is 1. The molecule has 1 aromatic carbocycles. The van der Waals surface area contributed by atoms with E-state index in [9.17, 15) is 0 Å². The summed E-state index contributed by atoms with van der Waals surface area (Å²) in [6, 6.07) is 6.53. The lowest BCUT2D eigenvalue weighted by Crippen LogP contribution is -2.58. The van der Waals surface area contributed by atoms with Gasteiger partial charge < -0.3 is 24.8 Å². The van der Waals surface area contributed by atoms with Crippen LogP contribution in [0.4, 0.5) is 11.8 Å². The summed E-state index contributed by atoms with van der Waals surface area (Å²) < 4.78 is 6.46. The Labute approximate surface area is 197 Å². The van der Waals surface area contributed by atoms with Crippen LogP contribution in [0.2, 0.25) is 0 Å². The first-order valence-corrected chi connectivity index (χ1v) is 11.7. The van der Waals surface area contributed by atoms with Crippen molar-refractivity contribution in [2.45, 2.75) is 13.0 Å². The Morgan fingerprint density at radius 3 is 2.65 bits per heavy atom. The summed E-state index contributed by atoms with van der Waals surface area (Å²) in [6.45, 7) is 7.51. The fourth-order valence-electron chi connectivity index (χ4n) is 4.61. The number of fused-ring (bicyclic) bond motifs is 2. The zero-order chi connectivity index (χ0) is 23.2. The van der Waals surface area contributed by atoms with Crippen molar-refractivity contribution in [3.63, 3.8) is 0 Å². The maximum absolute atomic E-state index is 6.46. The third-order valence-corrected chi connectivity index (χ3v) is 6.81. The number of aromatic nitrogens is 5. The minimum Gasteiger partial charge on any atom is -0.436 e. The zero-order valence-corrected chi connectivity index (χ0v) is 19.7. The van der Waals surface area contributed by atoms with Gasteiger partial charge in [0, 0.05) is 51.5 Å². The molecule has 0 amide bonds. The molecular formula is C24H29N9O. The number of aryl methyl sites for hydroxylation is 1. The third kappa shape index (κ3) is 3.59. The van der Waals surface area contributed by atoms with Crippen LogP contribution in [0, 0.1) is 6.92 Å². The van der Waals surface area contributed by atoms with Gasteiger partial charge in [0.15, 0.2) is 0 Å². The van der Waals surface area contributed by atoms with E-state index in [0.717, 1.165) is 84.2 Å². The minimum atomic E-state index is 0.485. The molecule has 0 unspecified atom stereocenters. The number of pyridine rings is 1. The number of hydrogen-bond acceptors (Lipinski definition) is 9. The number of nitrogens with one attached hydrogen (secondary N) is 2. The van der Waals surface area contributed by atoms with E-state index in [4.69, 9.17) is 14.7 Å². The van der Waals surface area contributed by atoms with Gasteiger partial charge in [-0.1, -0.05) is 6.07 Å². The molecule has 0 bridgehead atoms. The van der Waals surface area contributed by atoms with Crippen molar-refractivity contribution >= 4 is 33.6 Å². The zero-order valence-electron chi connectivity index (χ0n) is 19.7. The van der Waals surface area contributed by atoms with Crippen LogP contribution in [-0.4, -0.2) is 89.5 Å². The van der Waals surface area contributed by atoms with Crippen molar-refractivity contribution in [1.82, 2.24) is 35.4 Å². The van der Waals surface area contributed by atoms with Crippen molar-refractivity contribution < 1.29 is 4.74 Å². The van der Waals surface area contributed by atoms with Crippen molar-refractivity contribution in [3.8, 4) is 11.6 Å². The Balaban J connectivity index is 1.46. The molecule has 10 nitrogen and oxygen atoms in total. The number of anilines is 2. The van der Waals surface area contributed by atoms with Gasteiger partial charge in [-0.3, -0.25) is 5.10 Å². The SMILES string of the molecule is Cc1ccc2[nH]ncc2c1Oc1nccc2c(N3CCNCC3)nc(N3CC(N(C)C)C3)nc12. The average molecular weight is 460 g/mol. The van der Waals surface area contributed by atoms with E-state index in [-0.39, 0.29) is 0 Å². The first kappa shape index (κ1) is 21.1. The molecule has 2 aliphatic heterocycles. The largest absolute Gasteiger partial charge is 0.436 e. The second-order valence-electron chi connectivity index (χ2n) is 9.26. The lowest BCUT2D eigenvalue weighted by molar-refractivity contribution is 0.245. The van der Waals surface area contributed by atoms with Gasteiger partial charge in [0.2, 0.25) is 11.8 Å². The van der Waals surface area contributed by atoms with E-state index in [0.29, 0.717) is 11.9 Å². The lowest BCUT2D eigenvalue weighted by Gasteiger charge is -2.43. The van der Waals surface area contributed by atoms with Gasteiger partial charge in [-0.05, 0) is 38.7 Å². The van der Waals surface area contributed by atoms with E-state index in [1.54, 1.807) is 12.4 Å². The molecule has 34 heavy (non-hydrogen) atoms. The number of nitrogens with zero attached hydrogens (tertiary/aromatic N) is 7. The van der Waals surface area contributed by atoms with Gasteiger partial charge in [0.1, 0.15) is 17.1 Å². The number of H-pyrrole nitrogens is 1. The summed E-state index contributed by atoms with van der Waals surface area (Å²) in [5.41, 5.74) is 2.67. The summed E-state index contributed by atoms with van der Waals surface area (Å²) >= 11 is 0. The topological polar surface area (TPSA) is 98.3 Å². The number of rotatable bonds is 5. The molecule has 2 saturated heterocycles. The number of ether oxygens (including phenoxy) is 1. The Morgan fingerprint density at radius 1 is 1.03 bits per heavy atom. The Morgan fingerprint density at radius 2 is 1.85 bits per heavy atom. The van der Waals surface area contributed by atoms with Gasteiger partial charge in [0.05, 0.1) is 22.5 Å². The van der Waals surface area contributed by atoms with E-state index in [2.05, 4.69) is 49.3 Å². The molecule has 6 rings (SSSR count). The predicted octanol–water partition coefficient (Wildman–Crippen LogP) is 2.16. The number of benzene rings is 1. The average Bonchev–Trinajstić information content (AvgIpc) is 3.29. The van der Waals surface area contributed by atoms with Gasteiger partial charge >= 0.3 is 0 Å². The molecule has 0 aliphatic carbocycles. The Kier molecular flexibility index (Phi) is 5.19. The molecule has 2 N–H and O–H groups in total. The summed E-state index contributed by atoms with van der Waals surface area (Å²) in [4.78, 5) is 21.4. The fraction of sp³-hybridized carbons (Fsp3) is 0.417. The van der Waals surface area contributed by atoms with Crippen molar-refractivity contribution in [2.24, 2.45) is 0 Å². The smallest absolute Gasteiger partial charge is 0.246 e. The van der Waals surface area contributed by atoms with Gasteiger partial charge in [0.25, 0.3) is 0 Å². The second-order valence-corrected chi connectivity index (χ2v) is 9.26. The normalized spacial score (nSPS) is 17.1. The molecule has 5 heterocycles. The number of hydrogen-bond donors (Lipinski definition) is 2. The molecule has 2 fully saturated rings. The van der Waals surface area contributed by atoms with Crippen LogP contribution in [0.3, 0.4) is 0 Å². The third-order valence-electron chi connectivity index (χ3n) is 6.81. The Bertz CT molecular complexity index is 1340. The monoisotopic (exact) mass is 459 g/mol. The molecular weight excluding hydrogens is 430 g/mol. The van der Waals surface area contributed by atoms with Gasteiger partial charge in [-0.2, -0.15) is 10.1 Å². The van der Waals surface area contributed by atoms with Crippen molar-refractivity contribution in [1.29, 1.82) is 0 Å². The molecule has 0 spiro atoms. The van der Waals surface area contributed by atoms with E-state index >= 15 is 0 Å². The molecule has 10 heteroatoms. The van der Waals surface area contributed by atoms with Crippen LogP contribution in [0.5, 0.6) is 11.6 Å². The molecule has 4 aromatic rings. The molecule has 0 radical (unpaired) electrons. The van der Waals surface area contributed by atoms with E-state index < -0.39 is 0 Å². The highest BCUT2D eigenvalue weighted by atomic mass is 16.5. The van der Waals surface area contributed by atoms with E-state index in [1.165, 1.54) is 0 Å². The Hall–Kier alpha value is -3.50. The molecule has 0 saturated carbocycles. The maximum atomic E-state index is 6.46. The predicted molar refractivity (Wildman–Crippen MR) is 133 cm³/mol. The number of aromatic amines is 1. The first-order valence-electron chi connectivity index (χ1n) is 11.7. The van der Waals surface area contributed by atoms with E-state index in [1.807, 2.05) is 25.1 Å². The van der Waals surface area contributed by atoms with Crippen LogP contribution in [-0.2, 0) is 0 Å². The highest BCUT2D eigenvalue weighted by molar-refractivity contribution is 5.94. The summed E-state index contributed by atoms with van der Waals surface area (Å²) in [6.07, 6.45) is 3.57. The summed E-state index contributed by atoms with van der Waals surface area (Å²) in [5.74, 6) is 2.90. The van der Waals surface area contributed by atoms with Crippen LogP contribution in [0.15, 0.2) is 30.6 Å². The molecule has 176 valence electrons. The number of piperazine rings is 1. The van der Waals surface area contributed by atoms with Crippen LogP contribution < -0.4 is 19.9 Å². The molecule has 3 aromatic heterocycles. The second kappa shape index (κ2) is 8.37. The molecule has 0 atom stereocenters. The summed E-state index contributed by atoms with van der Waals surface area (Å²) in [7, 11) is 4.23. The van der Waals surface area contributed by atoms with Crippen molar-refractivity contribution in [3.05, 3.63) is 36.2 Å². The van der Waals surface area contributed by atoms with Gasteiger partial charge in [-0.25, -0.2) is 9.97 Å². The highest BCUT2D eigenvalue weighted by Crippen LogP contribution is 2.37.